The fourth-order valence-electron chi connectivity index (χ4n) is 4.46. The predicted molar refractivity (Wildman–Crippen MR) is 106 cm³/mol. The van der Waals surface area contributed by atoms with E-state index in [0.29, 0.717) is 18.5 Å². The van der Waals surface area contributed by atoms with Gasteiger partial charge in [0.2, 0.25) is 5.91 Å². The number of benzene rings is 1. The van der Waals surface area contributed by atoms with Gasteiger partial charge in [0.15, 0.2) is 0 Å². The molecule has 8 nitrogen and oxygen atoms in total. The van der Waals surface area contributed by atoms with Crippen LogP contribution in [0.3, 0.4) is 0 Å². The minimum atomic E-state index is -0.387. The number of amides is 1. The fraction of sp³-hybridized carbons (Fsp3) is 0.600. The number of non-ortho nitro benzene ring substituents is 1. The van der Waals surface area contributed by atoms with Gasteiger partial charge in [-0.1, -0.05) is 6.92 Å². The highest BCUT2D eigenvalue weighted by Crippen LogP contribution is 2.25. The van der Waals surface area contributed by atoms with Crippen LogP contribution in [0.25, 0.3) is 10.9 Å². The van der Waals surface area contributed by atoms with Crippen molar-refractivity contribution in [3.8, 4) is 0 Å². The average Bonchev–Trinajstić information content (AvgIpc) is 3.10. The maximum Gasteiger partial charge on any atom is 0.270 e. The molecular formula is C20H27N5O3. The van der Waals surface area contributed by atoms with E-state index in [1.807, 2.05) is 4.68 Å². The molecule has 0 spiro atoms. The van der Waals surface area contributed by atoms with Gasteiger partial charge in [0.25, 0.3) is 5.69 Å². The van der Waals surface area contributed by atoms with Crippen molar-refractivity contribution < 1.29 is 9.72 Å². The molecule has 150 valence electrons. The number of fused-ring (bicyclic) bond motifs is 1. The molecule has 1 aromatic carbocycles. The van der Waals surface area contributed by atoms with Crippen LogP contribution in [0, 0.1) is 22.0 Å². The smallest absolute Gasteiger partial charge is 0.270 e. The Bertz CT molecular complexity index is 872. The van der Waals surface area contributed by atoms with E-state index in [4.69, 9.17) is 0 Å². The fourth-order valence-corrected chi connectivity index (χ4v) is 4.46. The molecule has 28 heavy (non-hydrogen) atoms. The maximum atomic E-state index is 12.8. The lowest BCUT2D eigenvalue weighted by Crippen LogP contribution is -2.46. The van der Waals surface area contributed by atoms with E-state index in [1.54, 1.807) is 18.3 Å². The molecule has 0 saturated carbocycles. The Balaban J connectivity index is 1.35. The highest BCUT2D eigenvalue weighted by Gasteiger charge is 2.30. The molecule has 4 rings (SSSR count). The third kappa shape index (κ3) is 3.87. The maximum absolute atomic E-state index is 12.8. The van der Waals surface area contributed by atoms with Crippen LogP contribution < -0.4 is 0 Å². The number of nitrogens with zero attached hydrogens (tertiary/aromatic N) is 5. The van der Waals surface area contributed by atoms with Crippen LogP contribution in [-0.2, 0) is 11.5 Å². The van der Waals surface area contributed by atoms with Crippen LogP contribution >= 0.6 is 0 Å². The van der Waals surface area contributed by atoms with Crippen molar-refractivity contribution in [3.05, 3.63) is 34.5 Å². The molecule has 2 aromatic rings. The quantitative estimate of drug-likeness (QED) is 0.597. The summed E-state index contributed by atoms with van der Waals surface area (Å²) >= 11 is 0. The van der Waals surface area contributed by atoms with Crippen LogP contribution in [0.2, 0.25) is 0 Å². The summed E-state index contributed by atoms with van der Waals surface area (Å²) < 4.78 is 1.88. The number of likely N-dealkylation sites (tertiary alicyclic amines) is 2. The van der Waals surface area contributed by atoms with Crippen LogP contribution in [0.1, 0.15) is 32.6 Å². The number of carbonyl (C=O) groups is 1. The lowest BCUT2D eigenvalue weighted by atomic mass is 9.93. The van der Waals surface area contributed by atoms with Gasteiger partial charge in [-0.2, -0.15) is 5.10 Å². The molecule has 1 aromatic heterocycles. The summed E-state index contributed by atoms with van der Waals surface area (Å²) in [6.45, 7) is 6.43. The summed E-state index contributed by atoms with van der Waals surface area (Å²) in [5.41, 5.74) is 0.976. The predicted octanol–water partition coefficient (Wildman–Crippen LogP) is 2.87. The first-order valence-electron chi connectivity index (χ1n) is 10.1. The van der Waals surface area contributed by atoms with Crippen molar-refractivity contribution >= 4 is 22.5 Å². The normalized spacial score (nSPS) is 21.9. The zero-order valence-corrected chi connectivity index (χ0v) is 16.3. The summed E-state index contributed by atoms with van der Waals surface area (Å²) in [6.07, 6.45) is 5.79. The number of nitro benzene ring substituents is 1. The van der Waals surface area contributed by atoms with Gasteiger partial charge in [0.05, 0.1) is 23.3 Å². The first kappa shape index (κ1) is 18.9. The van der Waals surface area contributed by atoms with Crippen molar-refractivity contribution in [2.75, 3.05) is 26.2 Å². The minimum Gasteiger partial charge on any atom is -0.342 e. The second-order valence-corrected chi connectivity index (χ2v) is 8.21. The second kappa shape index (κ2) is 7.87. The van der Waals surface area contributed by atoms with E-state index in [2.05, 4.69) is 21.8 Å². The molecule has 2 saturated heterocycles. The second-order valence-electron chi connectivity index (χ2n) is 8.21. The van der Waals surface area contributed by atoms with Crippen molar-refractivity contribution in [1.29, 1.82) is 0 Å². The van der Waals surface area contributed by atoms with Crippen molar-refractivity contribution in [2.24, 2.45) is 11.8 Å². The molecule has 0 radical (unpaired) electrons. The number of piperidine rings is 2. The first-order chi connectivity index (χ1) is 13.5. The number of hydrogen-bond donors (Lipinski definition) is 0. The Labute approximate surface area is 164 Å². The van der Waals surface area contributed by atoms with Gasteiger partial charge in [-0.05, 0) is 37.7 Å². The van der Waals surface area contributed by atoms with Gasteiger partial charge in [0, 0.05) is 49.6 Å². The molecule has 0 aliphatic carbocycles. The summed E-state index contributed by atoms with van der Waals surface area (Å²) in [5, 5.41) is 16.1. The Morgan fingerprint density at radius 3 is 2.75 bits per heavy atom. The number of aromatic nitrogens is 2. The summed E-state index contributed by atoms with van der Waals surface area (Å²) in [6, 6.07) is 4.84. The first-order valence-corrected chi connectivity index (χ1v) is 10.1. The highest BCUT2D eigenvalue weighted by molar-refractivity contribution is 5.81. The molecule has 1 amide bonds. The molecule has 0 N–H and O–H groups in total. The molecule has 2 fully saturated rings. The Hall–Kier alpha value is -2.48. The summed E-state index contributed by atoms with van der Waals surface area (Å²) in [4.78, 5) is 27.7. The van der Waals surface area contributed by atoms with E-state index >= 15 is 0 Å². The zero-order valence-electron chi connectivity index (χ0n) is 16.3. The lowest BCUT2D eigenvalue weighted by Gasteiger charge is -2.37. The average molecular weight is 385 g/mol. The molecule has 3 heterocycles. The van der Waals surface area contributed by atoms with Crippen molar-refractivity contribution in [1.82, 2.24) is 19.6 Å². The lowest BCUT2D eigenvalue weighted by molar-refractivity contribution is -0.384. The third-order valence-corrected chi connectivity index (χ3v) is 6.08. The van der Waals surface area contributed by atoms with Gasteiger partial charge in [-0.25, -0.2) is 0 Å². The van der Waals surface area contributed by atoms with E-state index in [1.165, 1.54) is 12.5 Å². The van der Waals surface area contributed by atoms with Crippen LogP contribution in [0.4, 0.5) is 5.69 Å². The highest BCUT2D eigenvalue weighted by atomic mass is 16.6. The molecular weight excluding hydrogens is 358 g/mol. The van der Waals surface area contributed by atoms with Crippen LogP contribution in [0.5, 0.6) is 0 Å². The van der Waals surface area contributed by atoms with Gasteiger partial charge < -0.3 is 4.90 Å². The Morgan fingerprint density at radius 2 is 2.04 bits per heavy atom. The molecule has 1 atom stereocenters. The molecule has 8 heteroatoms. The standard InChI is InChI=1S/C20H27N5O3/c1-15-3-2-8-23(13-15)20(26)16-6-9-22(10-7-16)14-24-19-5-4-18(25(27)28)11-17(19)12-21-24/h4-5,11-12,15-16H,2-3,6-10,13-14H2,1H3/t15-/m0/s1. The van der Waals surface area contributed by atoms with Crippen LogP contribution in [0.15, 0.2) is 24.4 Å². The third-order valence-electron chi connectivity index (χ3n) is 6.08. The summed E-state index contributed by atoms with van der Waals surface area (Å²) in [7, 11) is 0. The Morgan fingerprint density at radius 1 is 1.25 bits per heavy atom. The van der Waals surface area contributed by atoms with E-state index in [-0.39, 0.29) is 16.5 Å². The molecule has 2 aliphatic rings. The summed E-state index contributed by atoms with van der Waals surface area (Å²) in [5.74, 6) is 1.09. The van der Waals surface area contributed by atoms with Crippen molar-refractivity contribution in [2.45, 2.75) is 39.3 Å². The minimum absolute atomic E-state index is 0.0819. The molecule has 0 bridgehead atoms. The zero-order chi connectivity index (χ0) is 19.7. The van der Waals surface area contributed by atoms with Gasteiger partial charge in [-0.3, -0.25) is 24.5 Å². The van der Waals surface area contributed by atoms with Gasteiger partial charge in [0.1, 0.15) is 0 Å². The SMILES string of the molecule is C[C@H]1CCCN(C(=O)C2CCN(Cn3ncc4cc([N+](=O)[O-])ccc43)CC2)C1. The number of nitro groups is 1. The van der Waals surface area contributed by atoms with E-state index < -0.39 is 0 Å². The van der Waals surface area contributed by atoms with Crippen LogP contribution in [-0.4, -0.2) is 56.6 Å². The largest absolute Gasteiger partial charge is 0.342 e. The molecule has 0 unspecified atom stereocenters. The Kier molecular flexibility index (Phi) is 5.30. The van der Waals surface area contributed by atoms with E-state index in [9.17, 15) is 14.9 Å². The molecule has 2 aliphatic heterocycles. The van der Waals surface area contributed by atoms with E-state index in [0.717, 1.165) is 56.3 Å². The topological polar surface area (TPSA) is 84.5 Å². The van der Waals surface area contributed by atoms with Crippen molar-refractivity contribution in [3.63, 3.8) is 0 Å². The van der Waals surface area contributed by atoms with Gasteiger partial charge in [-0.15, -0.1) is 0 Å². The number of rotatable bonds is 4. The number of hydrogen-bond acceptors (Lipinski definition) is 5. The monoisotopic (exact) mass is 385 g/mol. The van der Waals surface area contributed by atoms with Gasteiger partial charge >= 0.3 is 0 Å². The number of carbonyl (C=O) groups excluding carboxylic acids is 1.